The Labute approximate surface area is 193 Å². The van der Waals surface area contributed by atoms with E-state index in [0.717, 1.165) is 19.2 Å². The molecule has 13 heteroatoms. The molecule has 0 atom stereocenters. The van der Waals surface area contributed by atoms with E-state index in [1.807, 2.05) is 0 Å². The lowest BCUT2D eigenvalue weighted by Crippen LogP contribution is -2.41. The van der Waals surface area contributed by atoms with Crippen molar-refractivity contribution < 1.29 is 36.9 Å². The van der Waals surface area contributed by atoms with E-state index >= 15 is 0 Å². The molecule has 0 aliphatic heterocycles. The summed E-state index contributed by atoms with van der Waals surface area (Å²) in [5, 5.41) is 10.3. The van der Waals surface area contributed by atoms with Gasteiger partial charge in [-0.25, -0.2) is 13.8 Å². The molecule has 0 aliphatic rings. The topological polar surface area (TPSA) is 103 Å². The third-order valence-electron chi connectivity index (χ3n) is 4.50. The van der Waals surface area contributed by atoms with Crippen LogP contribution in [0.2, 0.25) is 5.02 Å². The minimum Gasteiger partial charge on any atom is -0.546 e. The van der Waals surface area contributed by atoms with Gasteiger partial charge in [0.1, 0.15) is 36.2 Å². The number of benzene rings is 2. The minimum atomic E-state index is -4.97. The van der Waals surface area contributed by atoms with Gasteiger partial charge in [0.25, 0.3) is 5.56 Å². The molecule has 0 spiro atoms. The van der Waals surface area contributed by atoms with Gasteiger partial charge in [0, 0.05) is 19.2 Å². The summed E-state index contributed by atoms with van der Waals surface area (Å²) in [7, 11) is 0.793. The number of hydrogen-bond acceptors (Lipinski definition) is 6. The van der Waals surface area contributed by atoms with Crippen LogP contribution in [0.15, 0.2) is 52.1 Å². The third-order valence-corrected chi connectivity index (χ3v) is 4.80. The molecule has 3 rings (SSSR count). The molecule has 34 heavy (non-hydrogen) atoms. The quantitative estimate of drug-likeness (QED) is 0.459. The van der Waals surface area contributed by atoms with E-state index in [1.54, 1.807) is 12.1 Å². The lowest BCUT2D eigenvalue weighted by atomic mass is 10.2. The van der Waals surface area contributed by atoms with Crippen LogP contribution in [0.3, 0.4) is 0 Å². The van der Waals surface area contributed by atoms with Crippen LogP contribution in [-0.4, -0.2) is 21.7 Å². The number of alkyl halides is 3. The number of aliphatic carboxylic acids is 1. The van der Waals surface area contributed by atoms with Gasteiger partial charge in [0.15, 0.2) is 0 Å². The Morgan fingerprint density at radius 3 is 2.47 bits per heavy atom. The second-order valence-electron chi connectivity index (χ2n) is 6.87. The van der Waals surface area contributed by atoms with Crippen LogP contribution in [0.1, 0.15) is 11.3 Å². The molecule has 0 saturated carbocycles. The molecule has 0 unspecified atom stereocenters. The van der Waals surface area contributed by atoms with Crippen LogP contribution >= 0.6 is 11.6 Å². The molecule has 0 fully saturated rings. The number of carbonyl (C=O) groups is 1. The molecule has 0 bridgehead atoms. The van der Waals surface area contributed by atoms with Crippen molar-refractivity contribution in [2.24, 2.45) is 7.05 Å². The predicted molar refractivity (Wildman–Crippen MR) is 109 cm³/mol. The lowest BCUT2D eigenvalue weighted by molar-refractivity contribution is -0.307. The fourth-order valence-corrected chi connectivity index (χ4v) is 3.15. The van der Waals surface area contributed by atoms with Crippen molar-refractivity contribution in [1.82, 2.24) is 9.13 Å². The molecule has 1 aromatic heterocycles. The number of hydrogen-bond donors (Lipinski definition) is 0. The van der Waals surface area contributed by atoms with Gasteiger partial charge in [0.2, 0.25) is 0 Å². The normalized spacial score (nSPS) is 11.4. The maximum Gasteiger partial charge on any atom is 0.431 e. The SMILES string of the molecule is Cn1c(C(F)(F)F)cc(=O)n(-c2cc(OCc3cccc(OCC(=O)[O-])c3)c(Cl)cc2F)c1=O. The second kappa shape index (κ2) is 9.59. The summed E-state index contributed by atoms with van der Waals surface area (Å²) in [6.07, 6.45) is -4.97. The van der Waals surface area contributed by atoms with E-state index in [9.17, 15) is 37.1 Å². The first-order valence-corrected chi connectivity index (χ1v) is 9.70. The molecule has 0 aliphatic carbocycles. The average Bonchev–Trinajstić information content (AvgIpc) is 2.75. The number of rotatable bonds is 7. The van der Waals surface area contributed by atoms with Crippen molar-refractivity contribution in [3.63, 3.8) is 0 Å². The molecular weight excluding hydrogens is 488 g/mol. The van der Waals surface area contributed by atoms with Crippen molar-refractivity contribution in [1.29, 1.82) is 0 Å². The monoisotopic (exact) mass is 501 g/mol. The summed E-state index contributed by atoms with van der Waals surface area (Å²) in [6, 6.07) is 7.92. The van der Waals surface area contributed by atoms with Crippen molar-refractivity contribution in [3.8, 4) is 17.2 Å². The molecule has 180 valence electrons. The van der Waals surface area contributed by atoms with E-state index in [0.29, 0.717) is 5.56 Å². The van der Waals surface area contributed by atoms with Crippen LogP contribution in [0, 0.1) is 5.82 Å². The number of nitrogens with zero attached hydrogens (tertiary/aromatic N) is 2. The zero-order valence-corrected chi connectivity index (χ0v) is 17.9. The number of carboxylic acid groups (broad SMARTS) is 1. The summed E-state index contributed by atoms with van der Waals surface area (Å²) in [5.41, 5.74) is -4.50. The zero-order chi connectivity index (χ0) is 25.2. The number of carbonyl (C=O) groups excluding carboxylic acids is 1. The van der Waals surface area contributed by atoms with E-state index in [2.05, 4.69) is 0 Å². The predicted octanol–water partition coefficient (Wildman–Crippen LogP) is 2.06. The minimum absolute atomic E-state index is 0.173. The number of carboxylic acids is 1. The molecule has 3 aromatic rings. The van der Waals surface area contributed by atoms with E-state index in [4.69, 9.17) is 21.1 Å². The summed E-state index contributed by atoms with van der Waals surface area (Å²) in [6.45, 7) is -0.846. The van der Waals surface area contributed by atoms with Crippen molar-refractivity contribution >= 4 is 17.6 Å². The molecule has 2 aromatic carbocycles. The van der Waals surface area contributed by atoms with Crippen molar-refractivity contribution in [2.45, 2.75) is 12.8 Å². The van der Waals surface area contributed by atoms with Crippen molar-refractivity contribution in [3.05, 3.63) is 85.4 Å². The Morgan fingerprint density at radius 1 is 1.12 bits per heavy atom. The number of halogens is 5. The summed E-state index contributed by atoms with van der Waals surface area (Å²) >= 11 is 5.99. The second-order valence-corrected chi connectivity index (χ2v) is 7.28. The van der Waals surface area contributed by atoms with Gasteiger partial charge in [-0.2, -0.15) is 13.2 Å². The van der Waals surface area contributed by atoms with Crippen LogP contribution in [0.4, 0.5) is 17.6 Å². The van der Waals surface area contributed by atoms with Gasteiger partial charge in [0.05, 0.1) is 16.7 Å². The highest BCUT2D eigenvalue weighted by molar-refractivity contribution is 6.32. The van der Waals surface area contributed by atoms with E-state index in [1.165, 1.54) is 12.1 Å². The summed E-state index contributed by atoms with van der Waals surface area (Å²) < 4.78 is 64.7. The largest absolute Gasteiger partial charge is 0.546 e. The molecule has 8 nitrogen and oxygen atoms in total. The van der Waals surface area contributed by atoms with Gasteiger partial charge in [-0.3, -0.25) is 9.36 Å². The maximum absolute atomic E-state index is 14.6. The Hall–Kier alpha value is -3.80. The number of aromatic nitrogens is 2. The summed E-state index contributed by atoms with van der Waals surface area (Å²) in [4.78, 5) is 35.3. The smallest absolute Gasteiger partial charge is 0.431 e. The Kier molecular flexibility index (Phi) is 7.01. The Balaban J connectivity index is 1.95. The van der Waals surface area contributed by atoms with Gasteiger partial charge in [-0.15, -0.1) is 0 Å². The van der Waals surface area contributed by atoms with Crippen molar-refractivity contribution in [2.75, 3.05) is 6.61 Å². The number of ether oxygens (including phenoxy) is 2. The molecule has 0 saturated heterocycles. The Bertz CT molecular complexity index is 1370. The molecule has 1 heterocycles. The van der Waals surface area contributed by atoms with Crippen LogP contribution in [0.25, 0.3) is 5.69 Å². The molecule has 0 radical (unpaired) electrons. The standard InChI is InChI=1S/C21H15ClF4N2O6/c1-27-17(21(24,25)26)8-18(29)28(20(27)32)15-7-16(13(22)6-14(15)23)34-9-11-3-2-4-12(5-11)33-10-19(30)31/h2-8H,9-10H2,1H3,(H,30,31)/p-1. The lowest BCUT2D eigenvalue weighted by Gasteiger charge is -2.16. The average molecular weight is 502 g/mol. The van der Waals surface area contributed by atoms with E-state index < -0.39 is 47.2 Å². The highest BCUT2D eigenvalue weighted by Gasteiger charge is 2.35. The molecule has 0 amide bonds. The fourth-order valence-electron chi connectivity index (χ4n) is 2.95. The highest BCUT2D eigenvalue weighted by atomic mass is 35.5. The zero-order valence-electron chi connectivity index (χ0n) is 17.2. The third kappa shape index (κ3) is 5.39. The first-order valence-electron chi connectivity index (χ1n) is 9.32. The first-order chi connectivity index (χ1) is 15.9. The van der Waals surface area contributed by atoms with Gasteiger partial charge >= 0.3 is 11.9 Å². The first kappa shape index (κ1) is 24.8. The Morgan fingerprint density at radius 2 is 1.82 bits per heavy atom. The van der Waals surface area contributed by atoms with Crippen LogP contribution < -0.4 is 25.8 Å². The summed E-state index contributed by atoms with van der Waals surface area (Å²) in [5.74, 6) is -2.53. The van der Waals surface area contributed by atoms with Crippen LogP contribution in [0.5, 0.6) is 11.5 Å². The van der Waals surface area contributed by atoms with E-state index in [-0.39, 0.29) is 38.3 Å². The molecular formula is C21H14ClF4N2O6-. The fraction of sp³-hybridized carbons (Fsp3) is 0.190. The highest BCUT2D eigenvalue weighted by Crippen LogP contribution is 2.31. The van der Waals surface area contributed by atoms with Gasteiger partial charge in [-0.05, 0) is 23.8 Å². The van der Waals surface area contributed by atoms with Crippen LogP contribution in [-0.2, 0) is 24.6 Å². The van der Waals surface area contributed by atoms with Gasteiger partial charge < -0.3 is 19.4 Å². The van der Waals surface area contributed by atoms with Gasteiger partial charge in [-0.1, -0.05) is 23.7 Å². The molecule has 0 N–H and O–H groups in total. The maximum atomic E-state index is 14.6.